The van der Waals surface area contributed by atoms with Crippen LogP contribution >= 0.6 is 0 Å². The highest BCUT2D eigenvalue weighted by Crippen LogP contribution is 2.37. The average molecular weight is 511 g/mol. The molecule has 0 aliphatic carbocycles. The van der Waals surface area contributed by atoms with E-state index in [1.54, 1.807) is 36.7 Å². The lowest BCUT2D eigenvalue weighted by Crippen LogP contribution is -2.33. The van der Waals surface area contributed by atoms with Crippen LogP contribution in [0.15, 0.2) is 60.9 Å². The SMILES string of the molecule is CC(C)c1cc(N2C(=O)CN(c3cccc(OC(F)(F)F)c3)C2=O)ccc1Oc1ccnc2[nH]ncc12. The Labute approximate surface area is 208 Å². The Morgan fingerprint density at radius 1 is 1.03 bits per heavy atom. The maximum Gasteiger partial charge on any atom is 0.573 e. The zero-order valence-corrected chi connectivity index (χ0v) is 19.6. The number of pyridine rings is 1. The molecular formula is C25H20F3N5O4. The molecular weight excluding hydrogens is 491 g/mol. The average Bonchev–Trinajstić information content (AvgIpc) is 3.43. The summed E-state index contributed by atoms with van der Waals surface area (Å²) in [6.07, 6.45) is -1.69. The van der Waals surface area contributed by atoms with Crippen LogP contribution in [-0.4, -0.2) is 40.0 Å². The van der Waals surface area contributed by atoms with Crippen LogP contribution in [0.4, 0.5) is 29.3 Å². The summed E-state index contributed by atoms with van der Waals surface area (Å²) in [5, 5.41) is 7.46. The van der Waals surface area contributed by atoms with Gasteiger partial charge in [-0.3, -0.25) is 14.8 Å². The minimum atomic E-state index is -4.88. The van der Waals surface area contributed by atoms with Gasteiger partial charge in [0.15, 0.2) is 5.65 Å². The number of urea groups is 1. The molecule has 0 bridgehead atoms. The number of fused-ring (bicyclic) bond motifs is 1. The summed E-state index contributed by atoms with van der Waals surface area (Å²) in [7, 11) is 0. The van der Waals surface area contributed by atoms with Crippen LogP contribution in [0.5, 0.6) is 17.2 Å². The third-order valence-corrected chi connectivity index (χ3v) is 5.74. The summed E-state index contributed by atoms with van der Waals surface area (Å²) in [5.74, 6) is 0.0193. The van der Waals surface area contributed by atoms with Gasteiger partial charge in [-0.05, 0) is 47.9 Å². The zero-order valence-electron chi connectivity index (χ0n) is 19.6. The van der Waals surface area contributed by atoms with Crippen molar-refractivity contribution in [2.24, 2.45) is 0 Å². The second kappa shape index (κ2) is 9.12. The van der Waals surface area contributed by atoms with E-state index in [1.165, 1.54) is 12.1 Å². The topological polar surface area (TPSA) is 101 Å². The molecule has 1 fully saturated rings. The Balaban J connectivity index is 1.44. The quantitative estimate of drug-likeness (QED) is 0.331. The fourth-order valence-corrected chi connectivity index (χ4v) is 4.06. The fraction of sp³-hybridized carbons (Fsp3) is 0.200. The monoisotopic (exact) mass is 511 g/mol. The molecule has 0 saturated carbocycles. The number of nitrogens with one attached hydrogen (secondary N) is 1. The first-order chi connectivity index (χ1) is 17.6. The molecule has 3 heterocycles. The van der Waals surface area contributed by atoms with Gasteiger partial charge in [-0.1, -0.05) is 19.9 Å². The molecule has 9 nitrogen and oxygen atoms in total. The standard InChI is InChI=1S/C25H20F3N5O4/c1-14(2)18-11-16(6-7-20(18)36-21-8-9-29-23-19(21)12-30-31-23)33-22(34)13-32(24(33)35)15-4-3-5-17(10-15)37-25(26,27)28/h3-12,14H,13H2,1-2H3,(H,29,30,31). The molecule has 0 atom stereocenters. The number of alkyl halides is 3. The van der Waals surface area contributed by atoms with E-state index < -0.39 is 24.1 Å². The maximum absolute atomic E-state index is 13.2. The molecule has 2 aromatic heterocycles. The van der Waals surface area contributed by atoms with E-state index >= 15 is 0 Å². The summed E-state index contributed by atoms with van der Waals surface area (Å²) < 4.78 is 48.0. The van der Waals surface area contributed by atoms with Gasteiger partial charge in [-0.25, -0.2) is 14.7 Å². The van der Waals surface area contributed by atoms with Crippen LogP contribution in [0.25, 0.3) is 11.0 Å². The van der Waals surface area contributed by atoms with E-state index in [2.05, 4.69) is 19.9 Å². The number of anilines is 2. The number of H-pyrrole nitrogens is 1. The van der Waals surface area contributed by atoms with Gasteiger partial charge >= 0.3 is 12.4 Å². The Morgan fingerprint density at radius 2 is 1.84 bits per heavy atom. The number of ether oxygens (including phenoxy) is 2. The Kier molecular flexibility index (Phi) is 5.94. The molecule has 0 unspecified atom stereocenters. The molecule has 2 aromatic carbocycles. The van der Waals surface area contributed by atoms with Crippen molar-refractivity contribution in [1.82, 2.24) is 15.2 Å². The van der Waals surface area contributed by atoms with Crippen LogP contribution in [0.2, 0.25) is 0 Å². The maximum atomic E-state index is 13.2. The van der Waals surface area contributed by atoms with Crippen molar-refractivity contribution in [3.05, 3.63) is 66.5 Å². The summed E-state index contributed by atoms with van der Waals surface area (Å²) in [6, 6.07) is 10.9. The van der Waals surface area contributed by atoms with Gasteiger partial charge in [0.25, 0.3) is 5.91 Å². The predicted molar refractivity (Wildman–Crippen MR) is 128 cm³/mol. The number of carbonyl (C=O) groups excluding carboxylic acids is 2. The number of rotatable bonds is 6. The number of hydrogen-bond acceptors (Lipinski definition) is 6. The van der Waals surface area contributed by atoms with E-state index in [1.807, 2.05) is 13.8 Å². The highest BCUT2D eigenvalue weighted by atomic mass is 19.4. The van der Waals surface area contributed by atoms with Crippen LogP contribution in [0, 0.1) is 0 Å². The predicted octanol–water partition coefficient (Wildman–Crippen LogP) is 5.75. The smallest absolute Gasteiger partial charge is 0.456 e. The third kappa shape index (κ3) is 4.77. The molecule has 1 saturated heterocycles. The number of amides is 3. The number of halogens is 3. The molecule has 1 aliphatic heterocycles. The first kappa shape index (κ1) is 24.1. The van der Waals surface area contributed by atoms with Gasteiger partial charge < -0.3 is 9.47 Å². The number of carbonyl (C=O) groups is 2. The summed E-state index contributed by atoms with van der Waals surface area (Å²) in [6.45, 7) is 3.55. The highest BCUT2D eigenvalue weighted by Gasteiger charge is 2.39. The lowest BCUT2D eigenvalue weighted by Gasteiger charge is -2.20. The first-order valence-electron chi connectivity index (χ1n) is 11.2. The number of aromatic nitrogens is 3. The van der Waals surface area contributed by atoms with Crippen molar-refractivity contribution < 1.29 is 32.2 Å². The molecule has 1 N–H and O–H groups in total. The normalized spacial score (nSPS) is 14.2. The van der Waals surface area contributed by atoms with Crippen molar-refractivity contribution in [1.29, 1.82) is 0 Å². The van der Waals surface area contributed by atoms with E-state index in [9.17, 15) is 22.8 Å². The largest absolute Gasteiger partial charge is 0.573 e. The zero-order chi connectivity index (χ0) is 26.3. The van der Waals surface area contributed by atoms with Gasteiger partial charge in [0.1, 0.15) is 23.8 Å². The van der Waals surface area contributed by atoms with Gasteiger partial charge in [0.2, 0.25) is 0 Å². The van der Waals surface area contributed by atoms with Crippen molar-refractivity contribution in [2.45, 2.75) is 26.1 Å². The number of benzene rings is 2. The second-order valence-corrected chi connectivity index (χ2v) is 8.56. The van der Waals surface area contributed by atoms with E-state index in [0.29, 0.717) is 28.2 Å². The Morgan fingerprint density at radius 3 is 2.59 bits per heavy atom. The van der Waals surface area contributed by atoms with Crippen LogP contribution in [-0.2, 0) is 4.79 Å². The van der Waals surface area contributed by atoms with Gasteiger partial charge in [-0.15, -0.1) is 13.2 Å². The first-order valence-corrected chi connectivity index (χ1v) is 11.2. The molecule has 190 valence electrons. The summed E-state index contributed by atoms with van der Waals surface area (Å²) in [5.41, 5.74) is 1.73. The molecule has 4 aromatic rings. The molecule has 12 heteroatoms. The molecule has 5 rings (SSSR count). The second-order valence-electron chi connectivity index (χ2n) is 8.56. The molecule has 0 spiro atoms. The Bertz CT molecular complexity index is 1500. The minimum absolute atomic E-state index is 0.0308. The van der Waals surface area contributed by atoms with Crippen LogP contribution in [0.1, 0.15) is 25.3 Å². The summed E-state index contributed by atoms with van der Waals surface area (Å²) in [4.78, 5) is 32.3. The highest BCUT2D eigenvalue weighted by molar-refractivity contribution is 6.27. The lowest BCUT2D eigenvalue weighted by molar-refractivity contribution is -0.274. The van der Waals surface area contributed by atoms with Gasteiger partial charge in [0, 0.05) is 18.0 Å². The minimum Gasteiger partial charge on any atom is -0.456 e. The van der Waals surface area contributed by atoms with Crippen molar-refractivity contribution >= 4 is 34.3 Å². The van der Waals surface area contributed by atoms with Crippen molar-refractivity contribution in [3.8, 4) is 17.2 Å². The third-order valence-electron chi connectivity index (χ3n) is 5.74. The molecule has 3 amide bonds. The van der Waals surface area contributed by atoms with Gasteiger partial charge in [-0.2, -0.15) is 5.10 Å². The number of nitrogens with zero attached hydrogens (tertiary/aromatic N) is 4. The van der Waals surface area contributed by atoms with Crippen LogP contribution in [0.3, 0.4) is 0 Å². The van der Waals surface area contributed by atoms with E-state index in [-0.39, 0.29) is 18.2 Å². The molecule has 1 aliphatic rings. The Hall–Kier alpha value is -4.61. The summed E-state index contributed by atoms with van der Waals surface area (Å²) >= 11 is 0. The van der Waals surface area contributed by atoms with Crippen molar-refractivity contribution in [2.75, 3.05) is 16.3 Å². The van der Waals surface area contributed by atoms with Crippen molar-refractivity contribution in [3.63, 3.8) is 0 Å². The number of imide groups is 1. The number of hydrogen-bond donors (Lipinski definition) is 1. The van der Waals surface area contributed by atoms with E-state index in [0.717, 1.165) is 27.5 Å². The van der Waals surface area contributed by atoms with Crippen LogP contribution < -0.4 is 19.3 Å². The van der Waals surface area contributed by atoms with Gasteiger partial charge in [0.05, 0.1) is 17.3 Å². The molecule has 37 heavy (non-hydrogen) atoms. The van der Waals surface area contributed by atoms with E-state index in [4.69, 9.17) is 4.74 Å². The molecule has 0 radical (unpaired) electrons. The lowest BCUT2D eigenvalue weighted by atomic mass is 10.0. The fourth-order valence-electron chi connectivity index (χ4n) is 4.06. The number of aromatic amines is 1.